The van der Waals surface area contributed by atoms with Crippen molar-refractivity contribution in [2.24, 2.45) is 0 Å². The minimum Gasteiger partial charge on any atom is -0.497 e. The number of carbonyl (C=O) groups excluding carboxylic acids is 2. The summed E-state index contributed by atoms with van der Waals surface area (Å²) in [5.41, 5.74) is 2.86. The third-order valence-electron chi connectivity index (χ3n) is 4.36. The van der Waals surface area contributed by atoms with Crippen LogP contribution in [0.4, 0.5) is 0 Å². The van der Waals surface area contributed by atoms with Crippen LogP contribution >= 0.6 is 28.3 Å². The van der Waals surface area contributed by atoms with Crippen LogP contribution < -0.4 is 4.74 Å². The molecule has 0 fully saturated rings. The van der Waals surface area contributed by atoms with Crippen LogP contribution in [0.2, 0.25) is 0 Å². The van der Waals surface area contributed by atoms with Gasteiger partial charge in [0.25, 0.3) is 11.8 Å². The lowest BCUT2D eigenvalue weighted by atomic mass is 10.1. The van der Waals surface area contributed by atoms with Crippen LogP contribution in [-0.2, 0) is 6.42 Å². The fraction of sp³-hybridized carbons (Fsp3) is 0.150. The molecule has 0 radical (unpaired) electrons. The summed E-state index contributed by atoms with van der Waals surface area (Å²) in [5, 5.41) is 2.88. The molecule has 7 heteroatoms. The van der Waals surface area contributed by atoms with Crippen LogP contribution in [0, 0.1) is 0 Å². The fourth-order valence-electron chi connectivity index (χ4n) is 2.97. The van der Waals surface area contributed by atoms with Gasteiger partial charge in [0.05, 0.1) is 28.9 Å². The van der Waals surface area contributed by atoms with E-state index in [1.165, 1.54) is 16.2 Å². The summed E-state index contributed by atoms with van der Waals surface area (Å²) in [6.45, 7) is 0.335. The van der Waals surface area contributed by atoms with Gasteiger partial charge in [-0.25, -0.2) is 4.98 Å². The van der Waals surface area contributed by atoms with Crippen molar-refractivity contribution in [2.75, 3.05) is 13.7 Å². The van der Waals surface area contributed by atoms with Crippen LogP contribution in [0.3, 0.4) is 0 Å². The van der Waals surface area contributed by atoms with Gasteiger partial charge in [-0.05, 0) is 36.4 Å². The summed E-state index contributed by atoms with van der Waals surface area (Å²) in [6, 6.07) is 14.6. The highest BCUT2D eigenvalue weighted by molar-refractivity contribution is 8.93. The Labute approximate surface area is 171 Å². The number of benzene rings is 2. The van der Waals surface area contributed by atoms with Gasteiger partial charge in [0.15, 0.2) is 0 Å². The zero-order chi connectivity index (χ0) is 18.1. The molecular formula is C20H17BrN2O3S. The molecule has 5 nitrogen and oxygen atoms in total. The summed E-state index contributed by atoms with van der Waals surface area (Å²) in [6.07, 6.45) is 0.548. The highest BCUT2D eigenvalue weighted by atomic mass is 79.9. The van der Waals surface area contributed by atoms with E-state index in [0.717, 1.165) is 22.0 Å². The minimum absolute atomic E-state index is 0. The van der Waals surface area contributed by atoms with Crippen molar-refractivity contribution in [3.8, 4) is 17.0 Å². The molecular weight excluding hydrogens is 428 g/mol. The minimum atomic E-state index is -0.225. The molecule has 0 aliphatic carbocycles. The summed E-state index contributed by atoms with van der Waals surface area (Å²) < 4.78 is 5.17. The first-order valence-corrected chi connectivity index (χ1v) is 9.09. The number of halogens is 1. The molecule has 0 unspecified atom stereocenters. The average molecular weight is 445 g/mol. The number of nitrogens with zero attached hydrogens (tertiary/aromatic N) is 2. The molecule has 1 aliphatic heterocycles. The van der Waals surface area contributed by atoms with E-state index in [4.69, 9.17) is 4.74 Å². The second-order valence-electron chi connectivity index (χ2n) is 5.91. The lowest BCUT2D eigenvalue weighted by Crippen LogP contribution is -2.31. The molecule has 4 rings (SSSR count). The molecule has 0 spiro atoms. The first-order valence-electron chi connectivity index (χ1n) is 8.21. The van der Waals surface area contributed by atoms with Crippen molar-refractivity contribution in [1.82, 2.24) is 9.88 Å². The molecule has 2 aromatic carbocycles. The largest absolute Gasteiger partial charge is 0.497 e. The molecule has 0 N–H and O–H groups in total. The van der Waals surface area contributed by atoms with Crippen molar-refractivity contribution >= 4 is 40.1 Å². The highest BCUT2D eigenvalue weighted by Gasteiger charge is 2.34. The van der Waals surface area contributed by atoms with E-state index >= 15 is 0 Å². The number of hydrogen-bond acceptors (Lipinski definition) is 5. The Morgan fingerprint density at radius 3 is 2.22 bits per heavy atom. The molecule has 2 amide bonds. The van der Waals surface area contributed by atoms with Gasteiger partial charge in [0, 0.05) is 23.9 Å². The molecule has 2 heterocycles. The summed E-state index contributed by atoms with van der Waals surface area (Å²) in [5.74, 6) is 0.352. The van der Waals surface area contributed by atoms with Crippen LogP contribution in [-0.4, -0.2) is 35.4 Å². The van der Waals surface area contributed by atoms with Crippen molar-refractivity contribution < 1.29 is 14.3 Å². The number of carbonyl (C=O) groups is 2. The second-order valence-corrected chi connectivity index (χ2v) is 6.86. The normalized spacial score (nSPS) is 12.7. The third kappa shape index (κ3) is 3.65. The molecule has 138 valence electrons. The van der Waals surface area contributed by atoms with E-state index < -0.39 is 0 Å². The van der Waals surface area contributed by atoms with Gasteiger partial charge in [-0.3, -0.25) is 14.5 Å². The molecule has 1 aliphatic rings. The van der Waals surface area contributed by atoms with E-state index in [2.05, 4.69) is 4.98 Å². The summed E-state index contributed by atoms with van der Waals surface area (Å²) in [4.78, 5) is 30.7. The zero-order valence-electron chi connectivity index (χ0n) is 14.5. The van der Waals surface area contributed by atoms with E-state index in [1.807, 2.05) is 29.6 Å². The summed E-state index contributed by atoms with van der Waals surface area (Å²) >= 11 is 1.53. The van der Waals surface area contributed by atoms with Crippen LogP contribution in [0.5, 0.6) is 5.75 Å². The molecule has 1 aromatic heterocycles. The SMILES string of the molecule is Br.COc1ccc(-c2csc(CCN3C(=O)c4ccccc4C3=O)n2)cc1. The Kier molecular flexibility index (Phi) is 5.72. The Bertz CT molecular complexity index is 950. The molecule has 0 saturated heterocycles. The number of methoxy groups -OCH3 is 1. The van der Waals surface area contributed by atoms with Gasteiger partial charge in [-0.2, -0.15) is 0 Å². The second kappa shape index (κ2) is 8.02. The van der Waals surface area contributed by atoms with Crippen LogP contribution in [0.15, 0.2) is 53.9 Å². The number of ether oxygens (including phenoxy) is 1. The summed E-state index contributed by atoms with van der Waals surface area (Å²) in [7, 11) is 1.63. The number of thiazole rings is 1. The monoisotopic (exact) mass is 444 g/mol. The number of hydrogen-bond donors (Lipinski definition) is 0. The van der Waals surface area contributed by atoms with E-state index in [9.17, 15) is 9.59 Å². The number of aromatic nitrogens is 1. The topological polar surface area (TPSA) is 59.5 Å². The van der Waals surface area contributed by atoms with Gasteiger partial charge in [0.1, 0.15) is 5.75 Å². The Morgan fingerprint density at radius 2 is 1.63 bits per heavy atom. The first-order chi connectivity index (χ1) is 12.7. The average Bonchev–Trinajstić information content (AvgIpc) is 3.25. The van der Waals surface area contributed by atoms with Crippen molar-refractivity contribution in [1.29, 1.82) is 0 Å². The standard InChI is InChI=1S/C20H16N2O3S.BrH/c1-25-14-8-6-13(7-9-14)17-12-26-18(21-17)10-11-22-19(23)15-4-2-3-5-16(15)20(22)24;/h2-9,12H,10-11H2,1H3;1H. The maximum Gasteiger partial charge on any atom is 0.261 e. The fourth-order valence-corrected chi connectivity index (χ4v) is 3.77. The molecule has 0 bridgehead atoms. The van der Waals surface area contributed by atoms with E-state index in [-0.39, 0.29) is 28.8 Å². The lowest BCUT2D eigenvalue weighted by molar-refractivity contribution is 0.0656. The van der Waals surface area contributed by atoms with Gasteiger partial charge in [0.2, 0.25) is 0 Å². The number of rotatable bonds is 5. The van der Waals surface area contributed by atoms with Gasteiger partial charge >= 0.3 is 0 Å². The van der Waals surface area contributed by atoms with E-state index in [1.54, 1.807) is 31.4 Å². The maximum absolute atomic E-state index is 12.4. The zero-order valence-corrected chi connectivity index (χ0v) is 17.1. The molecule has 27 heavy (non-hydrogen) atoms. The predicted octanol–water partition coefficient (Wildman–Crippen LogP) is 4.24. The van der Waals surface area contributed by atoms with Gasteiger partial charge < -0.3 is 4.74 Å². The Hall–Kier alpha value is -2.51. The van der Waals surface area contributed by atoms with Gasteiger partial charge in [-0.15, -0.1) is 28.3 Å². The molecule has 3 aromatic rings. The van der Waals surface area contributed by atoms with Crippen LogP contribution in [0.25, 0.3) is 11.3 Å². The van der Waals surface area contributed by atoms with Crippen molar-refractivity contribution in [3.63, 3.8) is 0 Å². The predicted molar refractivity (Wildman–Crippen MR) is 110 cm³/mol. The lowest BCUT2D eigenvalue weighted by Gasteiger charge is -2.12. The maximum atomic E-state index is 12.4. The first kappa shape index (κ1) is 19.3. The number of fused-ring (bicyclic) bond motifs is 1. The van der Waals surface area contributed by atoms with E-state index in [0.29, 0.717) is 24.1 Å². The smallest absolute Gasteiger partial charge is 0.261 e. The van der Waals surface area contributed by atoms with Crippen molar-refractivity contribution in [2.45, 2.75) is 6.42 Å². The van der Waals surface area contributed by atoms with Crippen LogP contribution in [0.1, 0.15) is 25.7 Å². The Balaban J connectivity index is 0.00000210. The van der Waals surface area contributed by atoms with Crippen molar-refractivity contribution in [3.05, 3.63) is 70.0 Å². The highest BCUT2D eigenvalue weighted by Crippen LogP contribution is 2.26. The quantitative estimate of drug-likeness (QED) is 0.552. The third-order valence-corrected chi connectivity index (χ3v) is 5.27. The number of amides is 2. The van der Waals surface area contributed by atoms with Gasteiger partial charge in [-0.1, -0.05) is 12.1 Å². The Morgan fingerprint density at radius 1 is 1.00 bits per heavy atom. The molecule has 0 atom stereocenters. The number of imide groups is 1. The molecule has 0 saturated carbocycles.